The summed E-state index contributed by atoms with van der Waals surface area (Å²) in [5.74, 6) is -2.23. The van der Waals surface area contributed by atoms with E-state index in [1.165, 1.54) is 38.5 Å². The number of carbonyl (C=O) groups excluding carboxylic acids is 4. The second kappa shape index (κ2) is 74.5. The van der Waals surface area contributed by atoms with E-state index < -0.39 is 97.5 Å². The molecule has 0 aromatic rings. The first-order chi connectivity index (χ1) is 49.7. The zero-order valence-corrected chi connectivity index (χ0v) is 65.5. The SMILES string of the molecule is CC/C=C\C/C=C\C/C=C\C/C=C\CCCCCCC(=O)OCC(COP(=O)(O)OCC(O)COP(=O)(O)OCC(COC(=O)CCCCCCCCC/C=C\C/C=C\C/C=C\CC)OC(=O)CCCCCCCCCCCCC)OC(=O)CCCCCC/C=C\C/C=C\C/C=C\C/C=C\CC. The zero-order valence-electron chi connectivity index (χ0n) is 63.7. The molecule has 0 radical (unpaired) electrons. The standard InChI is InChI=1S/C83H140O17P2/c1-5-9-13-17-21-25-29-32-35-38-41-44-48-51-55-59-63-67-80(85)93-73-78(99-82(87)69-65-61-57-53-47-28-24-20-16-12-8-4)75-97-101(89,90)95-71-77(84)72-96-102(91,92)98-76-79(100-83(88)70-66-62-58-54-50-46-43-40-37-34-31-27-23-19-15-11-7-3)74-94-81(86)68-64-60-56-52-49-45-42-39-36-33-30-26-22-18-14-10-6-2/h9-11,13-15,21-23,25-27,32-37,42-43,45-46,77-79,84H,5-8,12,16-20,24,28-31,38-41,44,47-76H2,1-4H3,(H,89,90)(H,91,92)/b13-9-,14-10-,15-11-,25-21-,26-22-,27-23-,35-32-,36-33-,37-34-,45-42-,46-43-. The van der Waals surface area contributed by atoms with E-state index in [-0.39, 0.29) is 25.7 Å². The van der Waals surface area contributed by atoms with Gasteiger partial charge in [0, 0.05) is 25.7 Å². The molecule has 0 aliphatic rings. The number of hydrogen-bond acceptors (Lipinski definition) is 15. The molecule has 0 aromatic heterocycles. The lowest BCUT2D eigenvalue weighted by Crippen LogP contribution is -2.30. The smallest absolute Gasteiger partial charge is 0.462 e. The fourth-order valence-electron chi connectivity index (χ4n) is 10.2. The van der Waals surface area contributed by atoms with Crippen LogP contribution in [0.2, 0.25) is 0 Å². The van der Waals surface area contributed by atoms with Crippen molar-refractivity contribution in [1.29, 1.82) is 0 Å². The number of allylic oxidation sites excluding steroid dienone is 22. The molecule has 102 heavy (non-hydrogen) atoms. The summed E-state index contributed by atoms with van der Waals surface area (Å²) in [6.07, 6.45) is 82.9. The van der Waals surface area contributed by atoms with E-state index in [2.05, 4.69) is 161 Å². The zero-order chi connectivity index (χ0) is 74.6. The number of carbonyl (C=O) groups is 4. The molecule has 0 heterocycles. The molecule has 3 N–H and O–H groups in total. The highest BCUT2D eigenvalue weighted by Gasteiger charge is 2.30. The Hall–Kier alpha value is -4.80. The first-order valence-electron chi connectivity index (χ1n) is 39.4. The molecule has 0 saturated carbocycles. The normalized spacial score (nSPS) is 14.6. The highest BCUT2D eigenvalue weighted by atomic mass is 31.2. The van der Waals surface area contributed by atoms with Crippen molar-refractivity contribution in [3.8, 4) is 0 Å². The monoisotopic (exact) mass is 1470 g/mol. The molecule has 0 aliphatic heterocycles. The maximum Gasteiger partial charge on any atom is 0.472 e. The number of phosphoric acid groups is 2. The fourth-order valence-corrected chi connectivity index (χ4v) is 11.8. The van der Waals surface area contributed by atoms with Crippen molar-refractivity contribution in [2.45, 2.75) is 329 Å². The van der Waals surface area contributed by atoms with Crippen molar-refractivity contribution in [3.05, 3.63) is 134 Å². The molecule has 0 bridgehead atoms. The molecular weight excluding hydrogens is 1330 g/mol. The topological polar surface area (TPSA) is 237 Å². The molecule has 5 atom stereocenters. The summed E-state index contributed by atoms with van der Waals surface area (Å²) in [5, 5.41) is 10.6. The summed E-state index contributed by atoms with van der Waals surface area (Å²) < 4.78 is 68.5. The Kier molecular flexibility index (Phi) is 71.0. The van der Waals surface area contributed by atoms with Crippen LogP contribution < -0.4 is 0 Å². The van der Waals surface area contributed by atoms with Gasteiger partial charge in [0.1, 0.15) is 19.3 Å². The molecule has 0 aliphatic carbocycles. The van der Waals surface area contributed by atoms with Crippen LogP contribution in [-0.4, -0.2) is 96.7 Å². The summed E-state index contributed by atoms with van der Waals surface area (Å²) in [5.41, 5.74) is 0. The second-order valence-electron chi connectivity index (χ2n) is 25.9. The predicted octanol–water partition coefficient (Wildman–Crippen LogP) is 22.9. The Labute approximate surface area is 618 Å². The van der Waals surface area contributed by atoms with E-state index in [9.17, 15) is 43.2 Å². The Morgan fingerprint density at radius 3 is 0.784 bits per heavy atom. The Morgan fingerprint density at radius 2 is 0.510 bits per heavy atom. The molecule has 0 spiro atoms. The Balaban J connectivity index is 5.38. The van der Waals surface area contributed by atoms with Crippen molar-refractivity contribution in [2.75, 3.05) is 39.6 Å². The molecular formula is C83H140O17P2. The molecule has 0 fully saturated rings. The van der Waals surface area contributed by atoms with Gasteiger partial charge >= 0.3 is 39.5 Å². The third kappa shape index (κ3) is 73.5. The number of aliphatic hydroxyl groups excluding tert-OH is 1. The Bertz CT molecular complexity index is 2460. The number of rotatable bonds is 73. The molecule has 0 saturated heterocycles. The van der Waals surface area contributed by atoms with Gasteiger partial charge in [-0.05, 0) is 135 Å². The van der Waals surface area contributed by atoms with Gasteiger partial charge in [-0.15, -0.1) is 0 Å². The largest absolute Gasteiger partial charge is 0.472 e. The number of hydrogen-bond donors (Lipinski definition) is 3. The number of phosphoric ester groups is 2. The number of unbranched alkanes of at least 4 members (excludes halogenated alkanes) is 25. The van der Waals surface area contributed by atoms with Crippen LogP contribution in [0, 0.1) is 0 Å². The van der Waals surface area contributed by atoms with E-state index >= 15 is 0 Å². The van der Waals surface area contributed by atoms with Gasteiger partial charge in [-0.2, -0.15) is 0 Å². The average Bonchev–Trinajstić information content (AvgIpc) is 0.994. The first-order valence-corrected chi connectivity index (χ1v) is 42.4. The van der Waals surface area contributed by atoms with E-state index in [0.717, 1.165) is 193 Å². The summed E-state index contributed by atoms with van der Waals surface area (Å²) >= 11 is 0. The van der Waals surface area contributed by atoms with Crippen LogP contribution in [0.4, 0.5) is 0 Å². The minimum absolute atomic E-state index is 0.0582. The fraction of sp³-hybridized carbons (Fsp3) is 0.687. The highest BCUT2D eigenvalue weighted by Crippen LogP contribution is 2.45. The lowest BCUT2D eigenvalue weighted by atomic mass is 10.1. The van der Waals surface area contributed by atoms with Crippen molar-refractivity contribution < 1.29 is 80.2 Å². The van der Waals surface area contributed by atoms with E-state index in [1.54, 1.807) is 0 Å². The van der Waals surface area contributed by atoms with Crippen molar-refractivity contribution in [3.63, 3.8) is 0 Å². The Morgan fingerprint density at radius 1 is 0.284 bits per heavy atom. The van der Waals surface area contributed by atoms with Crippen molar-refractivity contribution in [1.82, 2.24) is 0 Å². The van der Waals surface area contributed by atoms with E-state index in [0.29, 0.717) is 25.7 Å². The van der Waals surface area contributed by atoms with Gasteiger partial charge in [0.25, 0.3) is 0 Å². The van der Waals surface area contributed by atoms with Gasteiger partial charge in [-0.25, -0.2) is 9.13 Å². The van der Waals surface area contributed by atoms with Gasteiger partial charge in [-0.3, -0.25) is 37.3 Å². The third-order valence-corrected chi connectivity index (χ3v) is 18.0. The summed E-state index contributed by atoms with van der Waals surface area (Å²) in [4.78, 5) is 73.0. The van der Waals surface area contributed by atoms with Crippen molar-refractivity contribution >= 4 is 39.5 Å². The van der Waals surface area contributed by atoms with Crippen LogP contribution >= 0.6 is 15.6 Å². The van der Waals surface area contributed by atoms with Crippen LogP contribution in [0.5, 0.6) is 0 Å². The second-order valence-corrected chi connectivity index (χ2v) is 28.8. The van der Waals surface area contributed by atoms with Gasteiger partial charge in [0.2, 0.25) is 0 Å². The van der Waals surface area contributed by atoms with Crippen LogP contribution in [0.3, 0.4) is 0 Å². The van der Waals surface area contributed by atoms with Gasteiger partial charge in [-0.1, -0.05) is 283 Å². The van der Waals surface area contributed by atoms with Gasteiger partial charge < -0.3 is 33.8 Å². The minimum atomic E-state index is -4.99. The quantitative estimate of drug-likeness (QED) is 0.0169. The number of ether oxygens (including phenoxy) is 4. The van der Waals surface area contributed by atoms with Crippen LogP contribution in [0.1, 0.15) is 310 Å². The molecule has 0 rings (SSSR count). The van der Waals surface area contributed by atoms with Gasteiger partial charge in [0.15, 0.2) is 12.2 Å². The number of esters is 4. The minimum Gasteiger partial charge on any atom is -0.462 e. The number of aliphatic hydroxyl groups is 1. The van der Waals surface area contributed by atoms with Crippen molar-refractivity contribution in [2.24, 2.45) is 0 Å². The molecule has 17 nitrogen and oxygen atoms in total. The highest BCUT2D eigenvalue weighted by molar-refractivity contribution is 7.47. The lowest BCUT2D eigenvalue weighted by molar-refractivity contribution is -0.161. The molecule has 584 valence electrons. The first kappa shape index (κ1) is 97.2. The molecule has 5 unspecified atom stereocenters. The van der Waals surface area contributed by atoms with Crippen LogP contribution in [-0.2, 0) is 65.4 Å². The van der Waals surface area contributed by atoms with Gasteiger partial charge in [0.05, 0.1) is 26.4 Å². The van der Waals surface area contributed by atoms with Crippen LogP contribution in [0.25, 0.3) is 0 Å². The lowest BCUT2D eigenvalue weighted by Gasteiger charge is -2.21. The maximum atomic E-state index is 13.1. The van der Waals surface area contributed by atoms with E-state index in [4.69, 9.17) is 37.0 Å². The molecule has 0 amide bonds. The molecule has 0 aromatic carbocycles. The predicted molar refractivity (Wildman–Crippen MR) is 418 cm³/mol. The maximum absolute atomic E-state index is 13.1. The summed E-state index contributed by atoms with van der Waals surface area (Å²) in [6, 6.07) is 0. The summed E-state index contributed by atoms with van der Waals surface area (Å²) in [7, 11) is -9.97. The summed E-state index contributed by atoms with van der Waals surface area (Å²) in [6.45, 7) is 4.48. The molecule has 19 heteroatoms. The average molecular weight is 1470 g/mol. The van der Waals surface area contributed by atoms with E-state index in [1.807, 2.05) is 0 Å². The third-order valence-electron chi connectivity index (χ3n) is 16.1. The van der Waals surface area contributed by atoms with Crippen LogP contribution in [0.15, 0.2) is 134 Å².